The van der Waals surface area contributed by atoms with Crippen LogP contribution in [0.1, 0.15) is 12.8 Å². The molecule has 26 heavy (non-hydrogen) atoms. The van der Waals surface area contributed by atoms with Crippen LogP contribution in [0.5, 0.6) is 11.5 Å². The van der Waals surface area contributed by atoms with E-state index in [1.807, 2.05) is 0 Å². The second-order valence-electron chi connectivity index (χ2n) is 5.63. The molecule has 0 bridgehead atoms. The van der Waals surface area contributed by atoms with E-state index in [0.29, 0.717) is 42.6 Å². The number of anilines is 1. The molecular weight excluding hydrogens is 353 g/mol. The predicted molar refractivity (Wildman–Crippen MR) is 88.1 cm³/mol. The van der Waals surface area contributed by atoms with E-state index in [0.717, 1.165) is 6.20 Å². The van der Waals surface area contributed by atoms with Crippen molar-refractivity contribution < 1.29 is 32.2 Å². The number of carbonyl (C=O) groups excluding carboxylic acids is 2. The van der Waals surface area contributed by atoms with E-state index >= 15 is 0 Å². The van der Waals surface area contributed by atoms with Crippen molar-refractivity contribution in [2.75, 3.05) is 26.1 Å². The van der Waals surface area contributed by atoms with Crippen molar-refractivity contribution in [1.82, 2.24) is 4.90 Å². The highest BCUT2D eigenvalue weighted by molar-refractivity contribution is 5.97. The molecule has 9 heteroatoms. The summed E-state index contributed by atoms with van der Waals surface area (Å²) in [6.07, 6.45) is -2.36. The van der Waals surface area contributed by atoms with Crippen LogP contribution in [0.4, 0.5) is 18.9 Å². The largest absolute Gasteiger partial charge is 0.497 e. The number of nitrogens with zero attached hydrogens (tertiary/aromatic N) is 1. The molecule has 1 atom stereocenters. The Labute approximate surface area is 148 Å². The average molecular weight is 372 g/mol. The van der Waals surface area contributed by atoms with Crippen molar-refractivity contribution in [2.45, 2.75) is 25.1 Å². The van der Waals surface area contributed by atoms with Crippen molar-refractivity contribution in [3.8, 4) is 11.5 Å². The van der Waals surface area contributed by atoms with Gasteiger partial charge in [0.05, 0.1) is 19.9 Å². The van der Waals surface area contributed by atoms with Gasteiger partial charge in [0.2, 0.25) is 5.91 Å². The molecule has 0 aromatic heterocycles. The molecule has 1 N–H and O–H groups in total. The summed E-state index contributed by atoms with van der Waals surface area (Å²) in [4.78, 5) is 24.9. The Morgan fingerprint density at radius 2 is 2.00 bits per heavy atom. The van der Waals surface area contributed by atoms with Gasteiger partial charge in [-0.1, -0.05) is 0 Å². The molecule has 2 rings (SSSR count). The standard InChI is InChI=1S/C17H19F3N2O4/c1-25-11-5-6-12(14(10-11)26-2)21-16(24)13-4-3-8-22(13)9-7-15(23)17(18,19)20/h5-7,9-10,13H,3-4,8H2,1-2H3,(H,21,24)/b9-7+. The zero-order chi connectivity index (χ0) is 19.3. The van der Waals surface area contributed by atoms with Gasteiger partial charge in [-0.15, -0.1) is 0 Å². The fraction of sp³-hybridized carbons (Fsp3) is 0.412. The number of carbonyl (C=O) groups is 2. The van der Waals surface area contributed by atoms with Crippen LogP contribution in [-0.4, -0.2) is 49.6 Å². The van der Waals surface area contributed by atoms with Crippen molar-refractivity contribution in [1.29, 1.82) is 0 Å². The monoisotopic (exact) mass is 372 g/mol. The third kappa shape index (κ3) is 4.68. The smallest absolute Gasteiger partial charge is 0.454 e. The van der Waals surface area contributed by atoms with Crippen LogP contribution in [0.2, 0.25) is 0 Å². The van der Waals surface area contributed by atoms with Gasteiger partial charge in [0.25, 0.3) is 5.78 Å². The van der Waals surface area contributed by atoms with E-state index in [4.69, 9.17) is 9.47 Å². The molecule has 1 amide bonds. The lowest BCUT2D eigenvalue weighted by Crippen LogP contribution is -2.37. The van der Waals surface area contributed by atoms with Crippen molar-refractivity contribution in [3.63, 3.8) is 0 Å². The van der Waals surface area contributed by atoms with Gasteiger partial charge in [-0.05, 0) is 25.0 Å². The van der Waals surface area contributed by atoms with Gasteiger partial charge in [0, 0.05) is 24.9 Å². The molecule has 1 aliphatic heterocycles. The van der Waals surface area contributed by atoms with Gasteiger partial charge in [0.15, 0.2) is 0 Å². The lowest BCUT2D eigenvalue weighted by Gasteiger charge is -2.22. The third-order valence-corrected chi connectivity index (χ3v) is 3.96. The number of nitrogens with one attached hydrogen (secondary N) is 1. The van der Waals surface area contributed by atoms with Crippen LogP contribution < -0.4 is 14.8 Å². The molecule has 0 saturated carbocycles. The van der Waals surface area contributed by atoms with Crippen LogP contribution in [0.15, 0.2) is 30.5 Å². The Balaban J connectivity index is 2.09. The zero-order valence-electron chi connectivity index (χ0n) is 14.3. The number of hydrogen-bond acceptors (Lipinski definition) is 5. The Morgan fingerprint density at radius 3 is 2.62 bits per heavy atom. The SMILES string of the molecule is COc1ccc(NC(=O)C2CCCN2/C=C/C(=O)C(F)(F)F)c(OC)c1. The van der Waals surface area contributed by atoms with Gasteiger partial charge in [0.1, 0.15) is 17.5 Å². The molecule has 0 aliphatic carbocycles. The Kier molecular flexibility index (Phi) is 6.12. The first-order valence-electron chi connectivity index (χ1n) is 7.84. The van der Waals surface area contributed by atoms with Gasteiger partial charge in [-0.25, -0.2) is 0 Å². The minimum Gasteiger partial charge on any atom is -0.497 e. The topological polar surface area (TPSA) is 67.9 Å². The number of hydrogen-bond donors (Lipinski definition) is 1. The second kappa shape index (κ2) is 8.11. The molecule has 1 heterocycles. The fourth-order valence-electron chi connectivity index (χ4n) is 2.62. The van der Waals surface area contributed by atoms with E-state index < -0.39 is 23.9 Å². The molecule has 1 fully saturated rings. The molecule has 1 saturated heterocycles. The van der Waals surface area contributed by atoms with Crippen LogP contribution in [0.25, 0.3) is 0 Å². The zero-order valence-corrected chi connectivity index (χ0v) is 14.3. The lowest BCUT2D eigenvalue weighted by molar-refractivity contribution is -0.165. The maximum atomic E-state index is 12.5. The Hall–Kier alpha value is -2.71. The van der Waals surface area contributed by atoms with Gasteiger partial charge in [-0.2, -0.15) is 13.2 Å². The molecule has 1 aliphatic rings. The average Bonchev–Trinajstić information content (AvgIpc) is 3.07. The molecule has 1 aromatic carbocycles. The fourth-order valence-corrected chi connectivity index (χ4v) is 2.62. The first kappa shape index (κ1) is 19.6. The van der Waals surface area contributed by atoms with Crippen LogP contribution in [0, 0.1) is 0 Å². The first-order chi connectivity index (χ1) is 12.3. The Morgan fingerprint density at radius 1 is 1.27 bits per heavy atom. The highest BCUT2D eigenvalue weighted by atomic mass is 19.4. The highest BCUT2D eigenvalue weighted by Crippen LogP contribution is 2.30. The number of rotatable bonds is 6. The highest BCUT2D eigenvalue weighted by Gasteiger charge is 2.37. The second-order valence-corrected chi connectivity index (χ2v) is 5.63. The number of likely N-dealkylation sites (tertiary alicyclic amines) is 1. The summed E-state index contributed by atoms with van der Waals surface area (Å²) in [5.74, 6) is -1.41. The summed E-state index contributed by atoms with van der Waals surface area (Å²) in [6, 6.07) is 4.19. The summed E-state index contributed by atoms with van der Waals surface area (Å²) in [5.41, 5.74) is 0.417. The normalized spacial score (nSPS) is 17.4. The number of ketones is 1. The maximum Gasteiger partial charge on any atom is 0.454 e. The van der Waals surface area contributed by atoms with Crippen molar-refractivity contribution >= 4 is 17.4 Å². The number of halogens is 3. The third-order valence-electron chi connectivity index (χ3n) is 3.96. The van der Waals surface area contributed by atoms with E-state index in [2.05, 4.69) is 5.32 Å². The minimum absolute atomic E-state index is 0.388. The van der Waals surface area contributed by atoms with Crippen LogP contribution in [-0.2, 0) is 9.59 Å². The lowest BCUT2D eigenvalue weighted by atomic mass is 10.2. The number of amides is 1. The van der Waals surface area contributed by atoms with Crippen LogP contribution >= 0.6 is 0 Å². The van der Waals surface area contributed by atoms with Gasteiger partial charge >= 0.3 is 6.18 Å². The van der Waals surface area contributed by atoms with E-state index in [1.165, 1.54) is 19.1 Å². The molecule has 1 unspecified atom stereocenters. The summed E-state index contributed by atoms with van der Waals surface area (Å²) >= 11 is 0. The molecule has 142 valence electrons. The summed E-state index contributed by atoms with van der Waals surface area (Å²) in [6.45, 7) is 0.388. The Bertz CT molecular complexity index is 704. The molecule has 6 nitrogen and oxygen atoms in total. The summed E-state index contributed by atoms with van der Waals surface area (Å²) in [7, 11) is 2.94. The quantitative estimate of drug-likeness (QED) is 0.778. The number of methoxy groups -OCH3 is 2. The summed E-state index contributed by atoms with van der Waals surface area (Å²) in [5, 5.41) is 2.70. The summed E-state index contributed by atoms with van der Waals surface area (Å²) < 4.78 is 47.2. The molecule has 1 aromatic rings. The van der Waals surface area contributed by atoms with Crippen LogP contribution in [0.3, 0.4) is 0 Å². The predicted octanol–water partition coefficient (Wildman–Crippen LogP) is 2.75. The first-order valence-corrected chi connectivity index (χ1v) is 7.84. The molecular formula is C17H19F3N2O4. The van der Waals surface area contributed by atoms with E-state index in [-0.39, 0.29) is 0 Å². The van der Waals surface area contributed by atoms with Crippen molar-refractivity contribution in [3.05, 3.63) is 30.5 Å². The van der Waals surface area contributed by atoms with E-state index in [1.54, 1.807) is 18.2 Å². The van der Waals surface area contributed by atoms with Gasteiger partial charge in [-0.3, -0.25) is 9.59 Å². The number of allylic oxidation sites excluding steroid dienone is 1. The molecule has 0 spiro atoms. The number of alkyl halides is 3. The minimum atomic E-state index is -4.93. The van der Waals surface area contributed by atoms with Crippen molar-refractivity contribution in [2.24, 2.45) is 0 Å². The molecule has 0 radical (unpaired) electrons. The maximum absolute atomic E-state index is 12.5. The van der Waals surface area contributed by atoms with E-state index in [9.17, 15) is 22.8 Å². The number of benzene rings is 1. The van der Waals surface area contributed by atoms with Gasteiger partial charge < -0.3 is 19.7 Å². The number of ether oxygens (including phenoxy) is 2.